The zero-order valence-electron chi connectivity index (χ0n) is 11.2. The zero-order chi connectivity index (χ0) is 12.7. The Bertz CT molecular complexity index is 223. The summed E-state index contributed by atoms with van der Waals surface area (Å²) >= 11 is 0. The summed E-state index contributed by atoms with van der Waals surface area (Å²) in [5.74, 6) is 0.252. The molecule has 0 atom stereocenters. The molecule has 0 aromatic heterocycles. The van der Waals surface area contributed by atoms with Crippen LogP contribution in [-0.4, -0.2) is 79.5 Å². The van der Waals surface area contributed by atoms with E-state index < -0.39 is 0 Å². The number of carbonyl (C=O) groups is 1. The lowest BCUT2D eigenvalue weighted by atomic mass is 10.3. The molecule has 0 unspecified atom stereocenters. The van der Waals surface area contributed by atoms with Crippen LogP contribution in [0.5, 0.6) is 0 Å². The highest BCUT2D eigenvalue weighted by Gasteiger charge is 2.19. The van der Waals surface area contributed by atoms with Crippen LogP contribution in [0.1, 0.15) is 13.8 Å². The largest absolute Gasteiger partial charge is 0.342 e. The quantitative estimate of drug-likeness (QED) is 0.678. The van der Waals surface area contributed by atoms with Gasteiger partial charge >= 0.3 is 0 Å². The number of likely N-dealkylation sites (N-methyl/N-ethyl adjacent to an activating group) is 1. The highest BCUT2D eigenvalue weighted by atomic mass is 16.2. The van der Waals surface area contributed by atoms with Crippen molar-refractivity contribution < 1.29 is 4.79 Å². The maximum Gasteiger partial charge on any atom is 0.236 e. The van der Waals surface area contributed by atoms with Gasteiger partial charge in [-0.25, -0.2) is 0 Å². The first-order chi connectivity index (χ1) is 8.21. The molecule has 1 heterocycles. The van der Waals surface area contributed by atoms with Crippen molar-refractivity contribution in [1.29, 1.82) is 0 Å². The third-order valence-electron chi connectivity index (χ3n) is 3.39. The molecule has 1 rings (SSSR count). The van der Waals surface area contributed by atoms with Gasteiger partial charge < -0.3 is 10.6 Å². The molecular weight excluding hydrogens is 216 g/mol. The number of nitrogens with two attached hydrogens (primary N) is 1. The van der Waals surface area contributed by atoms with Gasteiger partial charge in [-0.3, -0.25) is 14.6 Å². The van der Waals surface area contributed by atoms with Crippen LogP contribution in [0.2, 0.25) is 0 Å². The molecule has 1 fully saturated rings. The summed E-state index contributed by atoms with van der Waals surface area (Å²) in [6.45, 7) is 12.0. The van der Waals surface area contributed by atoms with E-state index in [-0.39, 0.29) is 5.91 Å². The minimum atomic E-state index is 0.252. The van der Waals surface area contributed by atoms with E-state index in [1.165, 1.54) is 0 Å². The Labute approximate surface area is 105 Å². The fourth-order valence-corrected chi connectivity index (χ4v) is 2.22. The van der Waals surface area contributed by atoms with Gasteiger partial charge in [0.25, 0.3) is 0 Å². The van der Waals surface area contributed by atoms with E-state index in [1.807, 2.05) is 18.7 Å². The number of hydrogen-bond acceptors (Lipinski definition) is 4. The average molecular weight is 242 g/mol. The molecule has 0 aromatic carbocycles. The molecule has 100 valence electrons. The third kappa shape index (κ3) is 4.61. The smallest absolute Gasteiger partial charge is 0.236 e. The van der Waals surface area contributed by atoms with Crippen LogP contribution in [0.3, 0.4) is 0 Å². The fraction of sp³-hybridized carbons (Fsp3) is 0.917. The van der Waals surface area contributed by atoms with Crippen LogP contribution >= 0.6 is 0 Å². The molecule has 0 radical (unpaired) electrons. The monoisotopic (exact) mass is 242 g/mol. The summed E-state index contributed by atoms with van der Waals surface area (Å²) in [6.07, 6.45) is 0. The average Bonchev–Trinajstić information content (AvgIpc) is 2.33. The van der Waals surface area contributed by atoms with Crippen molar-refractivity contribution in [2.75, 3.05) is 58.9 Å². The highest BCUT2D eigenvalue weighted by Crippen LogP contribution is 2.02. The van der Waals surface area contributed by atoms with Crippen molar-refractivity contribution in [3.05, 3.63) is 0 Å². The standard InChI is InChI=1S/C12H26N4O/c1-3-16(4-2)12(17)11-15-9-7-14(6-5-13)8-10-15/h3-11,13H2,1-2H3. The van der Waals surface area contributed by atoms with Crippen LogP contribution in [-0.2, 0) is 4.79 Å². The van der Waals surface area contributed by atoms with Gasteiger partial charge in [0.05, 0.1) is 6.54 Å². The molecule has 5 heteroatoms. The molecule has 2 N–H and O–H groups in total. The Hall–Kier alpha value is -0.650. The third-order valence-corrected chi connectivity index (χ3v) is 3.39. The normalized spacial score (nSPS) is 18.3. The fourth-order valence-electron chi connectivity index (χ4n) is 2.22. The first-order valence-electron chi connectivity index (χ1n) is 6.63. The summed E-state index contributed by atoms with van der Waals surface area (Å²) in [5.41, 5.74) is 5.53. The molecule has 5 nitrogen and oxygen atoms in total. The van der Waals surface area contributed by atoms with Crippen LogP contribution in [0.25, 0.3) is 0 Å². The lowest BCUT2D eigenvalue weighted by Crippen LogP contribution is -2.50. The van der Waals surface area contributed by atoms with Crippen LogP contribution in [0.4, 0.5) is 0 Å². The minimum Gasteiger partial charge on any atom is -0.342 e. The molecule has 1 amide bonds. The van der Waals surface area contributed by atoms with Crippen LogP contribution < -0.4 is 5.73 Å². The predicted octanol–water partition coefficient (Wildman–Crippen LogP) is -0.569. The van der Waals surface area contributed by atoms with Gasteiger partial charge in [0.15, 0.2) is 0 Å². The number of hydrogen-bond donors (Lipinski definition) is 1. The molecule has 0 saturated carbocycles. The van der Waals surface area contributed by atoms with Gasteiger partial charge in [-0.15, -0.1) is 0 Å². The Kier molecular flexibility index (Phi) is 6.47. The summed E-state index contributed by atoms with van der Waals surface area (Å²) in [6, 6.07) is 0. The van der Waals surface area contributed by atoms with Gasteiger partial charge in [-0.2, -0.15) is 0 Å². The molecular formula is C12H26N4O. The lowest BCUT2D eigenvalue weighted by molar-refractivity contribution is -0.132. The number of carbonyl (C=O) groups excluding carboxylic acids is 1. The van der Waals surface area contributed by atoms with Crippen molar-refractivity contribution in [1.82, 2.24) is 14.7 Å². The van der Waals surface area contributed by atoms with E-state index in [9.17, 15) is 4.79 Å². The van der Waals surface area contributed by atoms with E-state index in [0.29, 0.717) is 6.54 Å². The SMILES string of the molecule is CCN(CC)C(=O)CN1CCN(CCN)CC1. The number of nitrogens with zero attached hydrogens (tertiary/aromatic N) is 3. The number of piperazine rings is 1. The topological polar surface area (TPSA) is 52.8 Å². The molecule has 0 spiro atoms. The molecule has 1 saturated heterocycles. The van der Waals surface area contributed by atoms with Crippen molar-refractivity contribution in [2.45, 2.75) is 13.8 Å². The van der Waals surface area contributed by atoms with E-state index in [1.54, 1.807) is 0 Å². The highest BCUT2D eigenvalue weighted by molar-refractivity contribution is 5.78. The van der Waals surface area contributed by atoms with Crippen molar-refractivity contribution in [3.63, 3.8) is 0 Å². The summed E-state index contributed by atoms with van der Waals surface area (Å²) < 4.78 is 0. The van der Waals surface area contributed by atoms with Gasteiger partial charge in [0.1, 0.15) is 0 Å². The Morgan fingerprint density at radius 3 is 2.12 bits per heavy atom. The maximum atomic E-state index is 11.9. The van der Waals surface area contributed by atoms with Gasteiger partial charge in [0.2, 0.25) is 5.91 Å². The maximum absolute atomic E-state index is 11.9. The van der Waals surface area contributed by atoms with Crippen molar-refractivity contribution in [2.24, 2.45) is 5.73 Å². The molecule has 0 aromatic rings. The number of rotatable bonds is 6. The van der Waals surface area contributed by atoms with Gasteiger partial charge in [-0.1, -0.05) is 0 Å². The van der Waals surface area contributed by atoms with E-state index >= 15 is 0 Å². The van der Waals surface area contributed by atoms with Crippen LogP contribution in [0.15, 0.2) is 0 Å². The summed E-state index contributed by atoms with van der Waals surface area (Å²) in [7, 11) is 0. The molecule has 1 aliphatic heterocycles. The van der Waals surface area contributed by atoms with Crippen LogP contribution in [0, 0.1) is 0 Å². The van der Waals surface area contributed by atoms with Crippen molar-refractivity contribution in [3.8, 4) is 0 Å². The molecule has 17 heavy (non-hydrogen) atoms. The number of amides is 1. The van der Waals surface area contributed by atoms with Crippen molar-refractivity contribution >= 4 is 5.91 Å². The summed E-state index contributed by atoms with van der Waals surface area (Å²) in [5, 5.41) is 0. The van der Waals surface area contributed by atoms with E-state index in [2.05, 4.69) is 9.80 Å². The van der Waals surface area contributed by atoms with E-state index in [0.717, 1.165) is 52.4 Å². The summed E-state index contributed by atoms with van der Waals surface area (Å²) in [4.78, 5) is 18.4. The van der Waals surface area contributed by atoms with Gasteiger partial charge in [0, 0.05) is 52.4 Å². The van der Waals surface area contributed by atoms with E-state index in [4.69, 9.17) is 5.73 Å². The minimum absolute atomic E-state index is 0.252. The first-order valence-corrected chi connectivity index (χ1v) is 6.63. The lowest BCUT2D eigenvalue weighted by Gasteiger charge is -2.34. The van der Waals surface area contributed by atoms with Gasteiger partial charge in [-0.05, 0) is 13.8 Å². The Morgan fingerprint density at radius 1 is 1.12 bits per heavy atom. The first kappa shape index (κ1) is 14.4. The molecule has 0 aliphatic carbocycles. The predicted molar refractivity (Wildman–Crippen MR) is 69.9 cm³/mol. The Balaban J connectivity index is 2.27. The second-order valence-corrected chi connectivity index (χ2v) is 4.47. The second-order valence-electron chi connectivity index (χ2n) is 4.47. The zero-order valence-corrected chi connectivity index (χ0v) is 11.2. The molecule has 0 bridgehead atoms. The second kappa shape index (κ2) is 7.63. The molecule has 1 aliphatic rings. The Morgan fingerprint density at radius 2 is 1.65 bits per heavy atom.